The van der Waals surface area contributed by atoms with Crippen molar-refractivity contribution in [2.24, 2.45) is 0 Å². The number of fused-ring (bicyclic) bond motifs is 1. The first-order valence-electron chi connectivity index (χ1n) is 10.9. The zero-order valence-corrected chi connectivity index (χ0v) is 19.9. The van der Waals surface area contributed by atoms with Gasteiger partial charge in [0, 0.05) is 37.8 Å². The van der Waals surface area contributed by atoms with Crippen LogP contribution in [0, 0.1) is 0 Å². The summed E-state index contributed by atoms with van der Waals surface area (Å²) >= 11 is 0. The Morgan fingerprint density at radius 2 is 2.03 bits per heavy atom. The molecular weight excluding hydrogens is 487 g/mol. The second-order valence-corrected chi connectivity index (χ2v) is 9.82. The van der Waals surface area contributed by atoms with E-state index in [0.717, 1.165) is 29.7 Å². The van der Waals surface area contributed by atoms with Gasteiger partial charge in [-0.15, -0.1) is 0 Å². The Morgan fingerprint density at radius 3 is 2.69 bits per heavy atom. The lowest BCUT2D eigenvalue weighted by Crippen LogP contribution is -2.33. The number of benzene rings is 1. The number of hydrogen-bond donors (Lipinski definition) is 1. The molecule has 0 saturated heterocycles. The van der Waals surface area contributed by atoms with E-state index in [0.29, 0.717) is 18.8 Å². The molecule has 2 aromatic heterocycles. The maximum atomic E-state index is 12.8. The van der Waals surface area contributed by atoms with Crippen LogP contribution in [0.1, 0.15) is 42.4 Å². The van der Waals surface area contributed by atoms with Crippen LogP contribution < -0.4 is 9.46 Å². The van der Waals surface area contributed by atoms with E-state index in [-0.39, 0.29) is 22.8 Å². The first kappa shape index (κ1) is 24.9. The third kappa shape index (κ3) is 6.09. The zero-order chi connectivity index (χ0) is 25.2. The molecule has 0 amide bonds. The lowest BCUT2D eigenvalue weighted by molar-refractivity contribution is -0.154. The normalized spacial score (nSPS) is 15.5. The van der Waals surface area contributed by atoms with Crippen LogP contribution in [0.4, 0.5) is 19.2 Å². The smallest absolute Gasteiger partial charge is 0.422 e. The Bertz CT molecular complexity index is 1280. The molecule has 3 aromatic rings. The fourth-order valence-electron chi connectivity index (χ4n) is 3.76. The van der Waals surface area contributed by atoms with E-state index < -0.39 is 22.8 Å². The molecule has 3 heterocycles. The van der Waals surface area contributed by atoms with Gasteiger partial charge in [0.25, 0.3) is 10.0 Å². The molecule has 1 aromatic carbocycles. The third-order valence-electron chi connectivity index (χ3n) is 5.71. The maximum absolute atomic E-state index is 12.8. The number of sulfonamides is 1. The highest BCUT2D eigenvalue weighted by molar-refractivity contribution is 7.92. The van der Waals surface area contributed by atoms with Crippen molar-refractivity contribution < 1.29 is 30.8 Å². The molecule has 0 bridgehead atoms. The molecule has 1 unspecified atom stereocenters. The number of aryl methyl sites for hydroxylation is 1. The number of alkyl halides is 3. The Kier molecular flexibility index (Phi) is 6.99. The molecule has 0 spiro atoms. The second-order valence-electron chi connectivity index (χ2n) is 8.14. The number of nitrogens with zero attached hydrogens (tertiary/aromatic N) is 4. The predicted molar refractivity (Wildman–Crippen MR) is 119 cm³/mol. The highest BCUT2D eigenvalue weighted by Crippen LogP contribution is 2.30. The Morgan fingerprint density at radius 1 is 1.23 bits per heavy atom. The molecule has 1 aliphatic heterocycles. The third-order valence-corrected chi connectivity index (χ3v) is 7.03. The molecule has 1 atom stereocenters. The summed E-state index contributed by atoms with van der Waals surface area (Å²) in [4.78, 5) is 10.2. The van der Waals surface area contributed by atoms with Crippen molar-refractivity contribution in [3.8, 4) is 5.88 Å². The molecule has 0 saturated carbocycles. The van der Waals surface area contributed by atoms with Gasteiger partial charge in [0.2, 0.25) is 5.88 Å². The number of rotatable bonds is 8. The molecular formula is C22H24F3N5O4S. The van der Waals surface area contributed by atoms with E-state index in [9.17, 15) is 21.6 Å². The fourth-order valence-corrected chi connectivity index (χ4v) is 4.73. The number of halogens is 3. The van der Waals surface area contributed by atoms with Crippen LogP contribution >= 0.6 is 0 Å². The Labute approximate surface area is 200 Å². The van der Waals surface area contributed by atoms with E-state index in [1.165, 1.54) is 12.3 Å². The summed E-state index contributed by atoms with van der Waals surface area (Å²) in [5.74, 6) is 0.295. The topological polar surface area (TPSA) is 110 Å². The first-order chi connectivity index (χ1) is 16.5. The fraction of sp³-hybridized carbons (Fsp3) is 0.409. The molecule has 13 heteroatoms. The minimum absolute atomic E-state index is 0.0786. The van der Waals surface area contributed by atoms with E-state index in [1.54, 1.807) is 24.3 Å². The first-order valence-corrected chi connectivity index (χ1v) is 12.4. The molecule has 188 valence electrons. The summed E-state index contributed by atoms with van der Waals surface area (Å²) in [7, 11) is -3.92. The van der Waals surface area contributed by atoms with Crippen LogP contribution in [0.25, 0.3) is 0 Å². The molecule has 4 rings (SSSR count). The number of nitrogens with one attached hydrogen (secondary N) is 1. The lowest BCUT2D eigenvalue weighted by atomic mass is 9.97. The summed E-state index contributed by atoms with van der Waals surface area (Å²) in [5.41, 5.74) is 2.72. The Hall–Kier alpha value is -3.19. The summed E-state index contributed by atoms with van der Waals surface area (Å²) in [6.45, 7) is 3.61. The maximum Gasteiger partial charge on any atom is 0.422 e. The summed E-state index contributed by atoms with van der Waals surface area (Å²) in [6, 6.07) is 7.76. The number of aromatic nitrogens is 3. The van der Waals surface area contributed by atoms with Crippen molar-refractivity contribution in [1.29, 1.82) is 0 Å². The van der Waals surface area contributed by atoms with Gasteiger partial charge in [0.1, 0.15) is 0 Å². The molecule has 9 nitrogen and oxygen atoms in total. The van der Waals surface area contributed by atoms with Crippen molar-refractivity contribution in [1.82, 2.24) is 20.0 Å². The quantitative estimate of drug-likeness (QED) is 0.485. The second kappa shape index (κ2) is 9.82. The van der Waals surface area contributed by atoms with Crippen LogP contribution in [0.5, 0.6) is 5.88 Å². The van der Waals surface area contributed by atoms with Gasteiger partial charge in [-0.05, 0) is 42.2 Å². The van der Waals surface area contributed by atoms with Gasteiger partial charge in [0.05, 0.1) is 4.90 Å². The van der Waals surface area contributed by atoms with Gasteiger partial charge in [-0.25, -0.2) is 18.1 Å². The van der Waals surface area contributed by atoms with Crippen molar-refractivity contribution in [3.05, 3.63) is 59.0 Å². The van der Waals surface area contributed by atoms with Gasteiger partial charge in [-0.3, -0.25) is 4.90 Å². The van der Waals surface area contributed by atoms with E-state index in [1.807, 2.05) is 13.8 Å². The number of anilines is 1. The SMILES string of the molecule is CCc1noc(NS(=O)(=O)c2ccc3c(c2)CN(C(C)c2ccc(OCC(F)(F)F)nc2)CC3)n1. The summed E-state index contributed by atoms with van der Waals surface area (Å²) in [6.07, 6.45) is -1.71. The summed E-state index contributed by atoms with van der Waals surface area (Å²) in [5, 5.41) is 3.68. The molecule has 1 aliphatic rings. The Balaban J connectivity index is 1.45. The van der Waals surface area contributed by atoms with Gasteiger partial charge < -0.3 is 9.26 Å². The average molecular weight is 512 g/mol. The largest absolute Gasteiger partial charge is 0.468 e. The standard InChI is InChI=1S/C22H24F3N5O4S/c1-3-19-27-21(34-28-19)29-35(31,32)18-6-4-15-8-9-30(12-17(15)10-18)14(2)16-5-7-20(26-11-16)33-13-22(23,24)25/h4-7,10-11,14H,3,8-9,12-13H2,1-2H3,(H,27,28,29). The van der Waals surface area contributed by atoms with Gasteiger partial charge in [0.15, 0.2) is 12.4 Å². The van der Waals surface area contributed by atoms with E-state index in [2.05, 4.69) is 29.5 Å². The number of pyridine rings is 1. The lowest BCUT2D eigenvalue weighted by Gasteiger charge is -2.34. The van der Waals surface area contributed by atoms with Crippen LogP contribution in [0.2, 0.25) is 0 Å². The molecule has 35 heavy (non-hydrogen) atoms. The van der Waals surface area contributed by atoms with Gasteiger partial charge in [-0.2, -0.15) is 18.2 Å². The zero-order valence-electron chi connectivity index (χ0n) is 19.0. The number of hydrogen-bond acceptors (Lipinski definition) is 8. The minimum atomic E-state index is -4.43. The van der Waals surface area contributed by atoms with Crippen LogP contribution in [0.3, 0.4) is 0 Å². The molecule has 1 N–H and O–H groups in total. The molecule has 0 radical (unpaired) electrons. The highest BCUT2D eigenvalue weighted by Gasteiger charge is 2.29. The average Bonchev–Trinajstić information content (AvgIpc) is 3.28. The van der Waals surface area contributed by atoms with Crippen LogP contribution in [-0.4, -0.2) is 47.8 Å². The predicted octanol–water partition coefficient (Wildman–Crippen LogP) is 3.89. The summed E-state index contributed by atoms with van der Waals surface area (Å²) < 4.78 is 74.5. The molecule has 0 aliphatic carbocycles. The highest BCUT2D eigenvalue weighted by atomic mass is 32.2. The van der Waals surface area contributed by atoms with Gasteiger partial charge >= 0.3 is 12.2 Å². The van der Waals surface area contributed by atoms with Crippen molar-refractivity contribution in [3.63, 3.8) is 0 Å². The van der Waals surface area contributed by atoms with Crippen LogP contribution in [0.15, 0.2) is 45.9 Å². The van der Waals surface area contributed by atoms with Crippen molar-refractivity contribution in [2.75, 3.05) is 17.9 Å². The minimum Gasteiger partial charge on any atom is -0.468 e. The molecule has 0 fully saturated rings. The van der Waals surface area contributed by atoms with Crippen LogP contribution in [-0.2, 0) is 29.4 Å². The monoisotopic (exact) mass is 511 g/mol. The van der Waals surface area contributed by atoms with E-state index in [4.69, 9.17) is 4.52 Å². The van der Waals surface area contributed by atoms with Crippen molar-refractivity contribution >= 4 is 16.0 Å². The number of ether oxygens (including phenoxy) is 1. The van der Waals surface area contributed by atoms with Gasteiger partial charge in [-0.1, -0.05) is 24.2 Å². The van der Waals surface area contributed by atoms with Crippen molar-refractivity contribution in [2.45, 2.75) is 50.3 Å². The van der Waals surface area contributed by atoms with E-state index >= 15 is 0 Å².